The van der Waals surface area contributed by atoms with Gasteiger partial charge in [0, 0.05) is 12.4 Å². The summed E-state index contributed by atoms with van der Waals surface area (Å²) in [5, 5.41) is 0.189. The Balaban J connectivity index is 1.99. The van der Waals surface area contributed by atoms with Gasteiger partial charge in [0.25, 0.3) is 0 Å². The van der Waals surface area contributed by atoms with Gasteiger partial charge >= 0.3 is 0 Å². The highest BCUT2D eigenvalue weighted by molar-refractivity contribution is 7.89. The van der Waals surface area contributed by atoms with E-state index in [2.05, 4.69) is 9.97 Å². The van der Waals surface area contributed by atoms with Crippen molar-refractivity contribution < 1.29 is 8.42 Å². The van der Waals surface area contributed by atoms with E-state index in [1.165, 1.54) is 10.4 Å². The molecule has 0 saturated heterocycles. The third-order valence-electron chi connectivity index (χ3n) is 3.58. The molecule has 128 valence electrons. The summed E-state index contributed by atoms with van der Waals surface area (Å²) in [7, 11) is -3.81. The highest BCUT2D eigenvalue weighted by Crippen LogP contribution is 2.26. The maximum Gasteiger partial charge on any atom is 0.245 e. The van der Waals surface area contributed by atoms with Gasteiger partial charge in [0.05, 0.1) is 29.5 Å². The van der Waals surface area contributed by atoms with E-state index >= 15 is 0 Å². The average Bonchev–Trinajstić information content (AvgIpc) is 2.63. The Hall–Kier alpha value is -2.28. The van der Waals surface area contributed by atoms with Crippen LogP contribution in [0.1, 0.15) is 11.4 Å². The van der Waals surface area contributed by atoms with Gasteiger partial charge in [0.1, 0.15) is 4.90 Å². The second kappa shape index (κ2) is 7.74. The molecule has 1 aromatic carbocycles. The highest BCUT2D eigenvalue weighted by atomic mass is 35.5. The molecule has 25 heavy (non-hydrogen) atoms. The lowest BCUT2D eigenvalue weighted by molar-refractivity contribution is 0.393. The number of rotatable bonds is 6. The highest BCUT2D eigenvalue weighted by Gasteiger charge is 2.27. The van der Waals surface area contributed by atoms with E-state index in [0.29, 0.717) is 11.4 Å². The van der Waals surface area contributed by atoms with Crippen LogP contribution in [-0.2, 0) is 23.1 Å². The molecule has 0 fully saturated rings. The third-order valence-corrected chi connectivity index (χ3v) is 5.87. The lowest BCUT2D eigenvalue weighted by Gasteiger charge is -2.22. The summed E-state index contributed by atoms with van der Waals surface area (Å²) in [6, 6.07) is 17.2. The summed E-state index contributed by atoms with van der Waals surface area (Å²) in [5.41, 5.74) is 1.29. The zero-order valence-electron chi connectivity index (χ0n) is 13.3. The van der Waals surface area contributed by atoms with Gasteiger partial charge in [-0.15, -0.1) is 0 Å². The Bertz CT molecular complexity index is 893. The predicted molar refractivity (Wildman–Crippen MR) is 96.4 cm³/mol. The zero-order chi connectivity index (χ0) is 17.7. The molecule has 0 bridgehead atoms. The second-order valence-corrected chi connectivity index (χ2v) is 7.66. The fourth-order valence-corrected chi connectivity index (χ4v) is 4.24. The molecule has 0 amide bonds. The molecule has 0 unspecified atom stereocenters. The smallest absolute Gasteiger partial charge is 0.245 e. The van der Waals surface area contributed by atoms with Crippen LogP contribution in [-0.4, -0.2) is 22.7 Å². The molecule has 0 radical (unpaired) electrons. The molecule has 0 N–H and O–H groups in total. The van der Waals surface area contributed by atoms with E-state index in [0.717, 1.165) is 0 Å². The van der Waals surface area contributed by atoms with E-state index in [-0.39, 0.29) is 23.0 Å². The van der Waals surface area contributed by atoms with Crippen LogP contribution in [0.5, 0.6) is 0 Å². The average molecular weight is 374 g/mol. The number of benzene rings is 1. The van der Waals surface area contributed by atoms with Crippen LogP contribution in [0.25, 0.3) is 0 Å². The van der Waals surface area contributed by atoms with Crippen molar-refractivity contribution in [1.82, 2.24) is 14.3 Å². The summed E-state index contributed by atoms with van der Waals surface area (Å²) >= 11 is 6.12. The molecule has 3 aromatic rings. The molecule has 2 aromatic heterocycles. The number of nitrogens with zero attached hydrogens (tertiary/aromatic N) is 3. The summed E-state index contributed by atoms with van der Waals surface area (Å²) in [6.45, 7) is 0.260. The standard InChI is InChI=1S/C18H16ClN3O2S/c19-17-9-1-2-10-18(17)25(23,24)22(13-15-7-3-5-11-20-15)14-16-8-4-6-12-21-16/h1-12H,13-14H2. The second-order valence-electron chi connectivity index (χ2n) is 5.35. The molecule has 3 rings (SSSR count). The fourth-order valence-electron chi connectivity index (χ4n) is 2.36. The van der Waals surface area contributed by atoms with Gasteiger partial charge < -0.3 is 0 Å². The third kappa shape index (κ3) is 4.22. The largest absolute Gasteiger partial charge is 0.260 e. The molecule has 0 atom stereocenters. The zero-order valence-corrected chi connectivity index (χ0v) is 14.9. The van der Waals surface area contributed by atoms with Crippen LogP contribution in [0, 0.1) is 0 Å². The number of pyridine rings is 2. The van der Waals surface area contributed by atoms with Gasteiger partial charge in [-0.25, -0.2) is 8.42 Å². The minimum atomic E-state index is -3.81. The van der Waals surface area contributed by atoms with Crippen molar-refractivity contribution in [2.24, 2.45) is 0 Å². The Kier molecular flexibility index (Phi) is 5.43. The molecular weight excluding hydrogens is 358 g/mol. The van der Waals surface area contributed by atoms with Crippen LogP contribution >= 0.6 is 11.6 Å². The minimum absolute atomic E-state index is 0.0727. The van der Waals surface area contributed by atoms with E-state index in [1.807, 2.05) is 12.1 Å². The molecular formula is C18H16ClN3O2S. The SMILES string of the molecule is O=S(=O)(c1ccccc1Cl)N(Cc1ccccn1)Cc1ccccn1. The normalized spacial score (nSPS) is 11.6. The molecule has 0 saturated carbocycles. The monoisotopic (exact) mass is 373 g/mol. The molecule has 0 aliphatic heterocycles. The summed E-state index contributed by atoms with van der Waals surface area (Å²) in [5.74, 6) is 0. The van der Waals surface area contributed by atoms with Crippen LogP contribution in [0.4, 0.5) is 0 Å². The van der Waals surface area contributed by atoms with Gasteiger partial charge in [-0.05, 0) is 36.4 Å². The Morgan fingerprint density at radius 1 is 0.800 bits per heavy atom. The number of hydrogen-bond acceptors (Lipinski definition) is 4. The first-order valence-electron chi connectivity index (χ1n) is 7.62. The first-order valence-corrected chi connectivity index (χ1v) is 9.43. The molecule has 0 aliphatic rings. The molecule has 7 heteroatoms. The van der Waals surface area contributed by atoms with Gasteiger partial charge in [-0.2, -0.15) is 4.31 Å². The Labute approximate surface area is 152 Å². The van der Waals surface area contributed by atoms with Gasteiger partial charge in [-0.1, -0.05) is 35.9 Å². The van der Waals surface area contributed by atoms with Crippen molar-refractivity contribution in [2.45, 2.75) is 18.0 Å². The lowest BCUT2D eigenvalue weighted by Crippen LogP contribution is -2.31. The quantitative estimate of drug-likeness (QED) is 0.663. The first-order chi connectivity index (χ1) is 12.1. The summed E-state index contributed by atoms with van der Waals surface area (Å²) < 4.78 is 27.6. The maximum absolute atomic E-state index is 13.1. The van der Waals surface area contributed by atoms with Gasteiger partial charge in [-0.3, -0.25) is 9.97 Å². The molecule has 0 spiro atoms. The van der Waals surface area contributed by atoms with E-state index in [1.54, 1.807) is 54.9 Å². The lowest BCUT2D eigenvalue weighted by atomic mass is 10.3. The van der Waals surface area contributed by atoms with Crippen LogP contribution in [0.3, 0.4) is 0 Å². The minimum Gasteiger partial charge on any atom is -0.260 e. The molecule has 0 aliphatic carbocycles. The van der Waals surface area contributed by atoms with Crippen molar-refractivity contribution in [3.63, 3.8) is 0 Å². The van der Waals surface area contributed by atoms with Crippen molar-refractivity contribution in [3.8, 4) is 0 Å². The van der Waals surface area contributed by atoms with Crippen molar-refractivity contribution >= 4 is 21.6 Å². The number of aromatic nitrogens is 2. The fraction of sp³-hybridized carbons (Fsp3) is 0.111. The number of halogens is 1. The van der Waals surface area contributed by atoms with Crippen molar-refractivity contribution in [3.05, 3.63) is 89.5 Å². The molecule has 5 nitrogen and oxygen atoms in total. The van der Waals surface area contributed by atoms with Gasteiger partial charge in [0.2, 0.25) is 10.0 Å². The Morgan fingerprint density at radius 2 is 1.32 bits per heavy atom. The first kappa shape index (κ1) is 17.5. The van der Waals surface area contributed by atoms with E-state index in [4.69, 9.17) is 11.6 Å². The number of sulfonamides is 1. The number of hydrogen-bond donors (Lipinski definition) is 0. The van der Waals surface area contributed by atoms with E-state index < -0.39 is 10.0 Å². The van der Waals surface area contributed by atoms with Crippen LogP contribution in [0.2, 0.25) is 5.02 Å². The Morgan fingerprint density at radius 3 is 1.80 bits per heavy atom. The van der Waals surface area contributed by atoms with Crippen molar-refractivity contribution in [2.75, 3.05) is 0 Å². The predicted octanol–water partition coefficient (Wildman–Crippen LogP) is 3.52. The van der Waals surface area contributed by atoms with Crippen LogP contribution in [0.15, 0.2) is 78.0 Å². The van der Waals surface area contributed by atoms with Gasteiger partial charge in [0.15, 0.2) is 0 Å². The topological polar surface area (TPSA) is 63.2 Å². The van der Waals surface area contributed by atoms with Crippen molar-refractivity contribution in [1.29, 1.82) is 0 Å². The summed E-state index contributed by atoms with van der Waals surface area (Å²) in [6.07, 6.45) is 3.27. The molecule has 2 heterocycles. The summed E-state index contributed by atoms with van der Waals surface area (Å²) in [4.78, 5) is 8.53. The van der Waals surface area contributed by atoms with E-state index in [9.17, 15) is 8.42 Å². The van der Waals surface area contributed by atoms with Crippen LogP contribution < -0.4 is 0 Å². The maximum atomic E-state index is 13.1.